The molecule has 1 saturated heterocycles. The van der Waals surface area contributed by atoms with Gasteiger partial charge in [-0.3, -0.25) is 0 Å². The summed E-state index contributed by atoms with van der Waals surface area (Å²) in [6.45, 7) is 6.86. The quantitative estimate of drug-likeness (QED) is 0.716. The van der Waals surface area contributed by atoms with E-state index in [-0.39, 0.29) is 0 Å². The Morgan fingerprint density at radius 1 is 1.25 bits per heavy atom. The standard InChI is InChI=1S/C13H28N2O/c1-3-8-15(11-12-16)10-7-13-6-4-5-9-14(13)2/h13,16H,3-12H2,1-2H3. The third-order valence-corrected chi connectivity index (χ3v) is 3.66. The van der Waals surface area contributed by atoms with Crippen LogP contribution in [-0.2, 0) is 0 Å². The number of hydrogen-bond donors (Lipinski definition) is 1. The smallest absolute Gasteiger partial charge is 0.0558 e. The van der Waals surface area contributed by atoms with Crippen LogP contribution in [0.3, 0.4) is 0 Å². The van der Waals surface area contributed by atoms with E-state index in [1.807, 2.05) is 0 Å². The molecule has 0 saturated carbocycles. The average Bonchev–Trinajstić information content (AvgIpc) is 2.28. The molecule has 0 bridgehead atoms. The average molecular weight is 228 g/mol. The second-order valence-corrected chi connectivity index (χ2v) is 4.98. The summed E-state index contributed by atoms with van der Waals surface area (Å²) in [4.78, 5) is 4.90. The first kappa shape index (κ1) is 13.9. The van der Waals surface area contributed by atoms with Crippen LogP contribution in [0.4, 0.5) is 0 Å². The summed E-state index contributed by atoms with van der Waals surface area (Å²) in [6, 6.07) is 0.770. The Morgan fingerprint density at radius 3 is 2.69 bits per heavy atom. The molecule has 0 spiro atoms. The minimum atomic E-state index is 0.292. The van der Waals surface area contributed by atoms with Crippen molar-refractivity contribution < 1.29 is 5.11 Å². The molecular formula is C13H28N2O. The van der Waals surface area contributed by atoms with Gasteiger partial charge in [0.2, 0.25) is 0 Å². The molecule has 1 N–H and O–H groups in total. The molecule has 0 aromatic heterocycles. The van der Waals surface area contributed by atoms with Crippen LogP contribution in [-0.4, -0.2) is 60.8 Å². The molecular weight excluding hydrogens is 200 g/mol. The Kier molecular flexibility index (Phi) is 7.01. The zero-order chi connectivity index (χ0) is 11.8. The molecule has 1 heterocycles. The number of nitrogens with zero attached hydrogens (tertiary/aromatic N) is 2. The molecule has 0 aromatic rings. The molecule has 1 aliphatic rings. The summed E-state index contributed by atoms with van der Waals surface area (Å²) < 4.78 is 0. The van der Waals surface area contributed by atoms with E-state index in [1.54, 1.807) is 0 Å². The van der Waals surface area contributed by atoms with E-state index < -0.39 is 0 Å². The summed E-state index contributed by atoms with van der Waals surface area (Å²) in [7, 11) is 2.25. The van der Waals surface area contributed by atoms with E-state index in [9.17, 15) is 0 Å². The highest BCUT2D eigenvalue weighted by Crippen LogP contribution is 2.17. The lowest BCUT2D eigenvalue weighted by atomic mass is 10.00. The van der Waals surface area contributed by atoms with Gasteiger partial charge in [0.1, 0.15) is 0 Å². The Balaban J connectivity index is 2.23. The number of aliphatic hydroxyl groups is 1. The van der Waals surface area contributed by atoms with E-state index in [2.05, 4.69) is 23.8 Å². The van der Waals surface area contributed by atoms with Gasteiger partial charge >= 0.3 is 0 Å². The maximum Gasteiger partial charge on any atom is 0.0558 e. The van der Waals surface area contributed by atoms with Gasteiger partial charge in [0.25, 0.3) is 0 Å². The summed E-state index contributed by atoms with van der Waals surface area (Å²) >= 11 is 0. The van der Waals surface area contributed by atoms with Crippen LogP contribution in [0.2, 0.25) is 0 Å². The van der Waals surface area contributed by atoms with E-state index in [0.717, 1.165) is 25.7 Å². The highest BCUT2D eigenvalue weighted by molar-refractivity contribution is 4.75. The van der Waals surface area contributed by atoms with Crippen LogP contribution in [0.15, 0.2) is 0 Å². The largest absolute Gasteiger partial charge is 0.395 e. The van der Waals surface area contributed by atoms with Crippen LogP contribution in [0.5, 0.6) is 0 Å². The van der Waals surface area contributed by atoms with Crippen LogP contribution in [0.25, 0.3) is 0 Å². The molecule has 1 aliphatic heterocycles. The zero-order valence-corrected chi connectivity index (χ0v) is 11.0. The third kappa shape index (κ3) is 4.81. The Morgan fingerprint density at radius 2 is 2.06 bits per heavy atom. The van der Waals surface area contributed by atoms with Crippen molar-refractivity contribution in [3.05, 3.63) is 0 Å². The summed E-state index contributed by atoms with van der Waals surface area (Å²) in [5.74, 6) is 0. The molecule has 16 heavy (non-hydrogen) atoms. The van der Waals surface area contributed by atoms with Crippen molar-refractivity contribution in [3.8, 4) is 0 Å². The van der Waals surface area contributed by atoms with Crippen LogP contribution < -0.4 is 0 Å². The van der Waals surface area contributed by atoms with Crippen molar-refractivity contribution in [3.63, 3.8) is 0 Å². The number of likely N-dealkylation sites (tertiary alicyclic amines) is 1. The van der Waals surface area contributed by atoms with Gasteiger partial charge in [-0.15, -0.1) is 0 Å². The van der Waals surface area contributed by atoms with Gasteiger partial charge in [-0.25, -0.2) is 0 Å². The van der Waals surface area contributed by atoms with Gasteiger partial charge < -0.3 is 14.9 Å². The number of rotatable bonds is 7. The minimum Gasteiger partial charge on any atom is -0.395 e. The normalized spacial score (nSPS) is 22.9. The van der Waals surface area contributed by atoms with Crippen LogP contribution >= 0.6 is 0 Å². The van der Waals surface area contributed by atoms with Crippen molar-refractivity contribution in [2.75, 3.05) is 39.8 Å². The number of aliphatic hydroxyl groups excluding tert-OH is 1. The molecule has 0 radical (unpaired) electrons. The summed E-state index contributed by atoms with van der Waals surface area (Å²) in [5.41, 5.74) is 0. The predicted molar refractivity (Wildman–Crippen MR) is 68.7 cm³/mol. The maximum absolute atomic E-state index is 9.00. The van der Waals surface area contributed by atoms with Gasteiger partial charge in [0, 0.05) is 12.6 Å². The fraction of sp³-hybridized carbons (Fsp3) is 1.00. The lowest BCUT2D eigenvalue weighted by Crippen LogP contribution is -2.39. The van der Waals surface area contributed by atoms with Crippen molar-refractivity contribution in [2.24, 2.45) is 0 Å². The first-order chi connectivity index (χ1) is 7.77. The van der Waals surface area contributed by atoms with Gasteiger partial charge in [0.05, 0.1) is 6.61 Å². The summed E-state index contributed by atoms with van der Waals surface area (Å²) in [5, 5.41) is 9.00. The lowest BCUT2D eigenvalue weighted by Gasteiger charge is -2.34. The van der Waals surface area contributed by atoms with Crippen molar-refractivity contribution in [2.45, 2.75) is 45.1 Å². The molecule has 1 atom stereocenters. The number of piperidine rings is 1. The molecule has 3 nitrogen and oxygen atoms in total. The van der Waals surface area contributed by atoms with E-state index in [0.29, 0.717) is 6.61 Å². The van der Waals surface area contributed by atoms with Gasteiger partial charge in [0.15, 0.2) is 0 Å². The second kappa shape index (κ2) is 8.04. The Labute approximate surface area is 100 Å². The second-order valence-electron chi connectivity index (χ2n) is 4.98. The van der Waals surface area contributed by atoms with E-state index >= 15 is 0 Å². The molecule has 1 fully saturated rings. The summed E-state index contributed by atoms with van der Waals surface area (Å²) in [6.07, 6.45) is 6.55. The fourth-order valence-electron chi connectivity index (χ4n) is 2.63. The maximum atomic E-state index is 9.00. The fourth-order valence-corrected chi connectivity index (χ4v) is 2.63. The molecule has 96 valence electrons. The predicted octanol–water partition coefficient (Wildman–Crippen LogP) is 1.57. The molecule has 1 unspecified atom stereocenters. The molecule has 0 amide bonds. The topological polar surface area (TPSA) is 26.7 Å². The van der Waals surface area contributed by atoms with E-state index in [1.165, 1.54) is 38.6 Å². The monoisotopic (exact) mass is 228 g/mol. The van der Waals surface area contributed by atoms with Gasteiger partial charge in [-0.1, -0.05) is 13.3 Å². The highest BCUT2D eigenvalue weighted by Gasteiger charge is 2.19. The lowest BCUT2D eigenvalue weighted by molar-refractivity contribution is 0.142. The first-order valence-electron chi connectivity index (χ1n) is 6.81. The number of hydrogen-bond acceptors (Lipinski definition) is 3. The SMILES string of the molecule is CCCN(CCO)CCC1CCCCN1C. The Hall–Kier alpha value is -0.120. The zero-order valence-electron chi connectivity index (χ0n) is 11.0. The van der Waals surface area contributed by atoms with Crippen molar-refractivity contribution in [1.82, 2.24) is 9.80 Å². The Bertz CT molecular complexity index is 169. The van der Waals surface area contributed by atoms with E-state index in [4.69, 9.17) is 5.11 Å². The molecule has 0 aromatic carbocycles. The van der Waals surface area contributed by atoms with Crippen LogP contribution in [0.1, 0.15) is 39.0 Å². The molecule has 3 heteroatoms. The van der Waals surface area contributed by atoms with Crippen LogP contribution in [0, 0.1) is 0 Å². The first-order valence-corrected chi connectivity index (χ1v) is 6.81. The highest BCUT2D eigenvalue weighted by atomic mass is 16.3. The molecule has 1 rings (SSSR count). The third-order valence-electron chi connectivity index (χ3n) is 3.66. The van der Waals surface area contributed by atoms with Gasteiger partial charge in [-0.05, 0) is 52.4 Å². The van der Waals surface area contributed by atoms with Crippen molar-refractivity contribution >= 4 is 0 Å². The minimum absolute atomic E-state index is 0.292. The van der Waals surface area contributed by atoms with Gasteiger partial charge in [-0.2, -0.15) is 0 Å². The molecule has 0 aliphatic carbocycles. The van der Waals surface area contributed by atoms with Crippen molar-refractivity contribution in [1.29, 1.82) is 0 Å².